The van der Waals surface area contributed by atoms with E-state index in [0.29, 0.717) is 22.8 Å². The number of hydrogen-bond acceptors (Lipinski definition) is 6. The second kappa shape index (κ2) is 6.40. The van der Waals surface area contributed by atoms with Crippen molar-refractivity contribution in [3.63, 3.8) is 0 Å². The molecular formula is C19H15FN2O5. The molecular weight excluding hydrogens is 355 g/mol. The zero-order valence-electron chi connectivity index (χ0n) is 14.5. The standard InChI is InChI=1S/C19H15FN2O5/c1-25-12-7-8-13(14(9-12)26-2)16-15-17(27-21-16)19(24)22(18(15)23)11-5-3-10(20)4-6-11/h3-9,17,21H,1-2H3/t17-/m0/s1. The van der Waals surface area contributed by atoms with Gasteiger partial charge in [0, 0.05) is 11.6 Å². The first kappa shape index (κ1) is 17.0. The fraction of sp³-hybridized carbons (Fsp3) is 0.158. The molecule has 0 saturated carbocycles. The number of imide groups is 1. The lowest BCUT2D eigenvalue weighted by Crippen LogP contribution is -2.34. The summed E-state index contributed by atoms with van der Waals surface area (Å²) in [5, 5.41) is 0. The topological polar surface area (TPSA) is 77.1 Å². The predicted octanol–water partition coefficient (Wildman–Crippen LogP) is 2.03. The van der Waals surface area contributed by atoms with Gasteiger partial charge in [0.25, 0.3) is 11.8 Å². The molecule has 1 atom stereocenters. The van der Waals surface area contributed by atoms with Gasteiger partial charge in [-0.2, -0.15) is 0 Å². The lowest BCUT2D eigenvalue weighted by molar-refractivity contribution is -0.127. The van der Waals surface area contributed by atoms with Crippen LogP contribution in [0.25, 0.3) is 5.70 Å². The molecule has 0 unspecified atom stereocenters. The largest absolute Gasteiger partial charge is 0.497 e. The third-order valence-corrected chi connectivity index (χ3v) is 4.45. The van der Waals surface area contributed by atoms with Gasteiger partial charge in [0.2, 0.25) is 0 Å². The van der Waals surface area contributed by atoms with Crippen LogP contribution >= 0.6 is 0 Å². The van der Waals surface area contributed by atoms with Crippen LogP contribution in [0.1, 0.15) is 5.56 Å². The first-order valence-electron chi connectivity index (χ1n) is 8.07. The first-order valence-corrected chi connectivity index (χ1v) is 8.07. The van der Waals surface area contributed by atoms with Crippen LogP contribution in [0.15, 0.2) is 48.0 Å². The molecule has 2 aliphatic heterocycles. The van der Waals surface area contributed by atoms with Crippen molar-refractivity contribution in [2.24, 2.45) is 0 Å². The van der Waals surface area contributed by atoms with Gasteiger partial charge in [0.1, 0.15) is 17.3 Å². The molecule has 0 aromatic heterocycles. The van der Waals surface area contributed by atoms with Gasteiger partial charge in [-0.1, -0.05) is 0 Å². The van der Waals surface area contributed by atoms with Crippen molar-refractivity contribution >= 4 is 23.2 Å². The monoisotopic (exact) mass is 370 g/mol. The van der Waals surface area contributed by atoms with Gasteiger partial charge in [0.05, 0.1) is 31.2 Å². The smallest absolute Gasteiger partial charge is 0.270 e. The second-order valence-electron chi connectivity index (χ2n) is 5.91. The van der Waals surface area contributed by atoms with Crippen molar-refractivity contribution in [3.8, 4) is 11.5 Å². The number of carbonyl (C=O) groups is 2. The Hall–Kier alpha value is -3.39. The normalized spacial score (nSPS) is 18.6. The van der Waals surface area contributed by atoms with E-state index in [0.717, 1.165) is 4.90 Å². The van der Waals surface area contributed by atoms with E-state index in [2.05, 4.69) is 5.48 Å². The van der Waals surface area contributed by atoms with Crippen LogP contribution in [0.2, 0.25) is 0 Å². The molecule has 0 aliphatic carbocycles. The van der Waals surface area contributed by atoms with Crippen molar-refractivity contribution in [2.45, 2.75) is 6.10 Å². The van der Waals surface area contributed by atoms with Gasteiger partial charge in [0.15, 0.2) is 6.10 Å². The Bertz CT molecular complexity index is 971. The summed E-state index contributed by atoms with van der Waals surface area (Å²) in [4.78, 5) is 32.0. The Kier molecular flexibility index (Phi) is 4.04. The molecule has 1 saturated heterocycles. The minimum Gasteiger partial charge on any atom is -0.497 e. The first-order chi connectivity index (χ1) is 13.0. The van der Waals surface area contributed by atoms with E-state index in [-0.39, 0.29) is 11.3 Å². The van der Waals surface area contributed by atoms with Gasteiger partial charge in [-0.15, -0.1) is 0 Å². The number of fused-ring (bicyclic) bond motifs is 1. The maximum absolute atomic E-state index is 13.2. The van der Waals surface area contributed by atoms with Crippen LogP contribution in [0.3, 0.4) is 0 Å². The van der Waals surface area contributed by atoms with Gasteiger partial charge in [-0.3, -0.25) is 19.9 Å². The molecule has 138 valence electrons. The average molecular weight is 370 g/mol. The summed E-state index contributed by atoms with van der Waals surface area (Å²) in [7, 11) is 3.02. The fourth-order valence-corrected chi connectivity index (χ4v) is 3.13. The molecule has 8 heteroatoms. The third kappa shape index (κ3) is 2.61. The number of amides is 2. The van der Waals surface area contributed by atoms with Crippen molar-refractivity contribution < 1.29 is 28.3 Å². The van der Waals surface area contributed by atoms with Crippen LogP contribution in [-0.2, 0) is 14.4 Å². The molecule has 1 fully saturated rings. The molecule has 0 spiro atoms. The number of hydrogen-bond donors (Lipinski definition) is 1. The maximum atomic E-state index is 13.2. The summed E-state index contributed by atoms with van der Waals surface area (Å²) >= 11 is 0. The predicted molar refractivity (Wildman–Crippen MR) is 93.4 cm³/mol. The number of ether oxygens (including phenoxy) is 2. The zero-order chi connectivity index (χ0) is 19.1. The quantitative estimate of drug-likeness (QED) is 0.830. The van der Waals surface area contributed by atoms with E-state index in [9.17, 15) is 14.0 Å². The van der Waals surface area contributed by atoms with Crippen LogP contribution in [-0.4, -0.2) is 32.1 Å². The minimum atomic E-state index is -1.08. The third-order valence-electron chi connectivity index (χ3n) is 4.45. The number of halogens is 1. The average Bonchev–Trinajstić information content (AvgIpc) is 3.22. The number of carbonyl (C=O) groups excluding carboxylic acids is 2. The molecule has 4 rings (SSSR count). The van der Waals surface area contributed by atoms with E-state index in [1.807, 2.05) is 0 Å². The number of nitrogens with one attached hydrogen (secondary N) is 1. The second-order valence-corrected chi connectivity index (χ2v) is 5.91. The summed E-state index contributed by atoms with van der Waals surface area (Å²) in [6.07, 6.45) is -1.08. The molecule has 2 aliphatic rings. The number of rotatable bonds is 4. The van der Waals surface area contributed by atoms with Crippen LogP contribution in [0.4, 0.5) is 10.1 Å². The molecule has 2 amide bonds. The summed E-state index contributed by atoms with van der Waals surface area (Å²) in [5.74, 6) is -0.502. The summed E-state index contributed by atoms with van der Waals surface area (Å²) in [5.41, 5.74) is 4.01. The van der Waals surface area contributed by atoms with Crippen LogP contribution in [0.5, 0.6) is 11.5 Å². The van der Waals surface area contributed by atoms with E-state index in [1.54, 1.807) is 18.2 Å². The van der Waals surface area contributed by atoms with Crippen LogP contribution in [0, 0.1) is 5.82 Å². The lowest BCUT2D eigenvalue weighted by Gasteiger charge is -2.16. The highest BCUT2D eigenvalue weighted by atomic mass is 19.1. The molecule has 2 aromatic rings. The maximum Gasteiger partial charge on any atom is 0.270 e. The highest BCUT2D eigenvalue weighted by Crippen LogP contribution is 2.39. The molecule has 27 heavy (non-hydrogen) atoms. The minimum absolute atomic E-state index is 0.174. The van der Waals surface area contributed by atoms with E-state index >= 15 is 0 Å². The Morgan fingerprint density at radius 2 is 1.81 bits per heavy atom. The molecule has 7 nitrogen and oxygen atoms in total. The van der Waals surface area contributed by atoms with E-state index in [4.69, 9.17) is 14.3 Å². The SMILES string of the molecule is COc1ccc(C2=C3C(=O)N(c4ccc(F)cc4)C(=O)[C@H]3ON2)c(OC)c1. The lowest BCUT2D eigenvalue weighted by atomic mass is 10.0. The number of methoxy groups -OCH3 is 2. The van der Waals surface area contributed by atoms with Gasteiger partial charge >= 0.3 is 0 Å². The van der Waals surface area contributed by atoms with Crippen molar-refractivity contribution in [2.75, 3.05) is 19.1 Å². The van der Waals surface area contributed by atoms with Gasteiger partial charge < -0.3 is 9.47 Å². The Balaban J connectivity index is 1.80. The Labute approximate surface area is 153 Å². The van der Waals surface area contributed by atoms with Crippen molar-refractivity contribution in [3.05, 3.63) is 59.4 Å². The Morgan fingerprint density at radius 3 is 2.48 bits per heavy atom. The molecule has 1 N–H and O–H groups in total. The number of hydroxylamine groups is 1. The molecule has 0 bridgehead atoms. The Morgan fingerprint density at radius 1 is 1.07 bits per heavy atom. The highest BCUT2D eigenvalue weighted by molar-refractivity contribution is 6.33. The number of anilines is 1. The fourth-order valence-electron chi connectivity index (χ4n) is 3.13. The van der Waals surface area contributed by atoms with Gasteiger partial charge in [-0.25, -0.2) is 9.29 Å². The summed E-state index contributed by atoms with van der Waals surface area (Å²) < 4.78 is 23.7. The van der Waals surface area contributed by atoms with Gasteiger partial charge in [-0.05, 0) is 36.4 Å². The van der Waals surface area contributed by atoms with E-state index in [1.165, 1.54) is 38.5 Å². The number of benzene rings is 2. The van der Waals surface area contributed by atoms with Crippen molar-refractivity contribution in [1.82, 2.24) is 5.48 Å². The number of nitrogens with zero attached hydrogens (tertiary/aromatic N) is 1. The zero-order valence-corrected chi connectivity index (χ0v) is 14.5. The van der Waals surface area contributed by atoms with E-state index < -0.39 is 23.7 Å². The molecule has 2 heterocycles. The highest BCUT2D eigenvalue weighted by Gasteiger charge is 2.51. The van der Waals surface area contributed by atoms with Crippen molar-refractivity contribution in [1.29, 1.82) is 0 Å². The van der Waals surface area contributed by atoms with Crippen LogP contribution < -0.4 is 19.9 Å². The molecule has 2 aromatic carbocycles. The molecule has 0 radical (unpaired) electrons. The summed E-state index contributed by atoms with van der Waals surface area (Å²) in [6.45, 7) is 0. The summed E-state index contributed by atoms with van der Waals surface area (Å²) in [6, 6.07) is 10.2.